The molecule has 0 radical (unpaired) electrons. The molecule has 0 bridgehead atoms. The van der Waals surface area contributed by atoms with Crippen molar-refractivity contribution in [1.29, 1.82) is 0 Å². The van der Waals surface area contributed by atoms with Crippen molar-refractivity contribution in [3.05, 3.63) is 18.1 Å². The summed E-state index contributed by atoms with van der Waals surface area (Å²) in [6, 6.07) is 2.04. The summed E-state index contributed by atoms with van der Waals surface area (Å²) in [6.45, 7) is 8.82. The summed E-state index contributed by atoms with van der Waals surface area (Å²) >= 11 is 0. The van der Waals surface area contributed by atoms with Crippen LogP contribution in [0.15, 0.2) is 12.3 Å². The first-order chi connectivity index (χ1) is 9.33. The van der Waals surface area contributed by atoms with Gasteiger partial charge in [0, 0.05) is 25.3 Å². The minimum atomic E-state index is -0.452. The summed E-state index contributed by atoms with van der Waals surface area (Å²) in [4.78, 5) is 22.1. The fourth-order valence-corrected chi connectivity index (χ4v) is 2.12. The zero-order valence-electron chi connectivity index (χ0n) is 12.5. The fraction of sp³-hybridized carbons (Fsp3) is 0.643. The molecule has 1 amide bonds. The van der Waals surface area contributed by atoms with Crippen molar-refractivity contribution >= 4 is 11.9 Å². The van der Waals surface area contributed by atoms with Gasteiger partial charge in [-0.05, 0) is 40.2 Å². The quantitative estimate of drug-likeness (QED) is 0.898. The van der Waals surface area contributed by atoms with E-state index in [4.69, 9.17) is 4.74 Å². The maximum absolute atomic E-state index is 12.0. The van der Waals surface area contributed by atoms with Crippen LogP contribution < -0.4 is 5.32 Å². The summed E-state index contributed by atoms with van der Waals surface area (Å²) in [6.07, 6.45) is 2.37. The van der Waals surface area contributed by atoms with Gasteiger partial charge < -0.3 is 15.0 Å². The van der Waals surface area contributed by atoms with Crippen LogP contribution in [0.3, 0.4) is 0 Å². The van der Waals surface area contributed by atoms with Crippen LogP contribution in [0.1, 0.15) is 33.0 Å². The van der Waals surface area contributed by atoms with Crippen LogP contribution in [-0.4, -0.2) is 45.7 Å². The van der Waals surface area contributed by atoms with E-state index in [0.29, 0.717) is 13.1 Å². The van der Waals surface area contributed by atoms with E-state index in [-0.39, 0.29) is 12.1 Å². The van der Waals surface area contributed by atoms with Gasteiger partial charge in [0.25, 0.3) is 0 Å². The molecule has 6 nitrogen and oxygen atoms in total. The minimum absolute atomic E-state index is 0.205. The fourth-order valence-electron chi connectivity index (χ4n) is 2.12. The first kappa shape index (κ1) is 14.6. The van der Waals surface area contributed by atoms with E-state index in [1.807, 2.05) is 33.8 Å². The molecule has 1 fully saturated rings. The van der Waals surface area contributed by atoms with Gasteiger partial charge in [-0.25, -0.2) is 14.8 Å². The van der Waals surface area contributed by atoms with Crippen LogP contribution in [-0.2, 0) is 4.74 Å². The number of nitrogens with one attached hydrogen (secondary N) is 1. The largest absolute Gasteiger partial charge is 0.444 e. The molecule has 2 rings (SSSR count). The van der Waals surface area contributed by atoms with Crippen LogP contribution >= 0.6 is 0 Å². The molecule has 1 saturated heterocycles. The molecule has 0 spiro atoms. The number of likely N-dealkylation sites (tertiary alicyclic amines) is 1. The van der Waals surface area contributed by atoms with E-state index in [2.05, 4.69) is 15.3 Å². The second kappa shape index (κ2) is 5.64. The molecule has 20 heavy (non-hydrogen) atoms. The van der Waals surface area contributed by atoms with Gasteiger partial charge in [-0.3, -0.25) is 0 Å². The second-order valence-electron chi connectivity index (χ2n) is 6.05. The lowest BCUT2D eigenvalue weighted by Crippen LogP contribution is -2.36. The third kappa shape index (κ3) is 4.08. The van der Waals surface area contributed by atoms with E-state index in [1.54, 1.807) is 11.1 Å². The summed E-state index contributed by atoms with van der Waals surface area (Å²) in [5, 5.41) is 3.33. The lowest BCUT2D eigenvalue weighted by atomic mass is 10.2. The highest BCUT2D eigenvalue weighted by atomic mass is 16.6. The predicted octanol–water partition coefficient (Wildman–Crippen LogP) is 2.21. The number of rotatable bonds is 2. The molecule has 0 unspecified atom stereocenters. The smallest absolute Gasteiger partial charge is 0.410 e. The van der Waals surface area contributed by atoms with Gasteiger partial charge in [0.2, 0.25) is 0 Å². The molecule has 1 N–H and O–H groups in total. The Labute approximate surface area is 119 Å². The number of anilines is 1. The van der Waals surface area contributed by atoms with E-state index < -0.39 is 5.60 Å². The van der Waals surface area contributed by atoms with Crippen LogP contribution in [0, 0.1) is 6.92 Å². The molecule has 1 atom stereocenters. The topological polar surface area (TPSA) is 67.4 Å². The van der Waals surface area contributed by atoms with E-state index in [1.165, 1.54) is 0 Å². The molecule has 0 saturated carbocycles. The Balaban J connectivity index is 1.88. The van der Waals surface area contributed by atoms with E-state index in [9.17, 15) is 4.79 Å². The zero-order chi connectivity index (χ0) is 14.8. The van der Waals surface area contributed by atoms with Crippen molar-refractivity contribution in [1.82, 2.24) is 14.9 Å². The number of amides is 1. The van der Waals surface area contributed by atoms with Gasteiger partial charge in [-0.1, -0.05) is 0 Å². The van der Waals surface area contributed by atoms with Crippen LogP contribution in [0.25, 0.3) is 0 Å². The van der Waals surface area contributed by atoms with Gasteiger partial charge in [0.15, 0.2) is 0 Å². The third-order valence-corrected chi connectivity index (χ3v) is 2.97. The molecule has 6 heteroatoms. The number of ether oxygens (including phenoxy) is 1. The Hall–Kier alpha value is -1.85. The van der Waals surface area contributed by atoms with Crippen LogP contribution in [0.2, 0.25) is 0 Å². The predicted molar refractivity (Wildman–Crippen MR) is 76.6 cm³/mol. The van der Waals surface area contributed by atoms with Gasteiger partial charge in [-0.15, -0.1) is 0 Å². The van der Waals surface area contributed by atoms with Gasteiger partial charge in [0.05, 0.1) is 0 Å². The molecular weight excluding hydrogens is 256 g/mol. The molecular formula is C14H22N4O2. The molecule has 0 aromatic carbocycles. The Morgan fingerprint density at radius 2 is 2.25 bits per heavy atom. The summed E-state index contributed by atoms with van der Waals surface area (Å²) in [7, 11) is 0. The lowest BCUT2D eigenvalue weighted by molar-refractivity contribution is 0.0293. The Kier molecular flexibility index (Phi) is 4.11. The number of hydrogen-bond acceptors (Lipinski definition) is 5. The molecule has 1 aromatic heterocycles. The lowest BCUT2D eigenvalue weighted by Gasteiger charge is -2.24. The molecule has 1 aliphatic rings. The van der Waals surface area contributed by atoms with Crippen molar-refractivity contribution < 1.29 is 9.53 Å². The van der Waals surface area contributed by atoms with Gasteiger partial charge in [0.1, 0.15) is 17.2 Å². The second-order valence-corrected chi connectivity index (χ2v) is 6.05. The monoisotopic (exact) mass is 278 g/mol. The van der Waals surface area contributed by atoms with Crippen molar-refractivity contribution in [3.63, 3.8) is 0 Å². The highest BCUT2D eigenvalue weighted by Crippen LogP contribution is 2.17. The number of hydrogen-bond donors (Lipinski definition) is 1. The zero-order valence-corrected chi connectivity index (χ0v) is 12.5. The van der Waals surface area contributed by atoms with Crippen LogP contribution in [0.5, 0.6) is 0 Å². The first-order valence-electron chi connectivity index (χ1n) is 6.87. The summed E-state index contributed by atoms with van der Waals surface area (Å²) < 4.78 is 5.37. The molecule has 1 aromatic rings. The summed E-state index contributed by atoms with van der Waals surface area (Å²) in [5.41, 5.74) is -0.452. The van der Waals surface area contributed by atoms with Crippen LogP contribution in [0.4, 0.5) is 10.6 Å². The normalized spacial score (nSPS) is 19.0. The molecule has 0 aliphatic carbocycles. The number of nitrogens with zero attached hydrogens (tertiary/aromatic N) is 3. The summed E-state index contributed by atoms with van der Waals surface area (Å²) in [5.74, 6) is 1.53. The highest BCUT2D eigenvalue weighted by Gasteiger charge is 2.29. The van der Waals surface area contributed by atoms with Crippen molar-refractivity contribution in [3.8, 4) is 0 Å². The first-order valence-corrected chi connectivity index (χ1v) is 6.87. The van der Waals surface area contributed by atoms with Crippen molar-refractivity contribution in [2.45, 2.75) is 45.8 Å². The Morgan fingerprint density at radius 1 is 1.50 bits per heavy atom. The molecule has 110 valence electrons. The van der Waals surface area contributed by atoms with Crippen molar-refractivity contribution in [2.75, 3.05) is 18.4 Å². The molecule has 2 heterocycles. The van der Waals surface area contributed by atoms with Crippen molar-refractivity contribution in [2.24, 2.45) is 0 Å². The Morgan fingerprint density at radius 3 is 2.90 bits per heavy atom. The standard InChI is InChI=1S/C14H22N4O2/c1-10-15-7-5-12(16-10)17-11-6-8-18(9-11)13(19)20-14(2,3)4/h5,7,11H,6,8-9H2,1-4H3,(H,15,16,17)/t11-/m0/s1. The van der Waals surface area contributed by atoms with Gasteiger partial charge in [-0.2, -0.15) is 0 Å². The van der Waals surface area contributed by atoms with Gasteiger partial charge >= 0.3 is 6.09 Å². The maximum Gasteiger partial charge on any atom is 0.410 e. The number of aromatic nitrogens is 2. The number of aryl methyl sites for hydroxylation is 1. The number of carbonyl (C=O) groups excluding carboxylic acids is 1. The number of carbonyl (C=O) groups is 1. The highest BCUT2D eigenvalue weighted by molar-refractivity contribution is 5.68. The average Bonchev–Trinajstić information content (AvgIpc) is 2.75. The average molecular weight is 278 g/mol. The minimum Gasteiger partial charge on any atom is -0.444 e. The SMILES string of the molecule is Cc1nccc(N[C@H]2CCN(C(=O)OC(C)(C)C)C2)n1. The third-order valence-electron chi connectivity index (χ3n) is 2.97. The Bertz CT molecular complexity index is 484. The van der Waals surface area contributed by atoms with E-state index in [0.717, 1.165) is 18.1 Å². The molecule has 1 aliphatic heterocycles. The maximum atomic E-state index is 12.0. The van der Waals surface area contributed by atoms with E-state index >= 15 is 0 Å².